The van der Waals surface area contributed by atoms with Crippen LogP contribution in [0.1, 0.15) is 71.6 Å². The molecule has 0 aromatic carbocycles. The molecule has 0 unspecified atom stereocenters. The quantitative estimate of drug-likeness (QED) is 0.682. The third-order valence-corrected chi connectivity index (χ3v) is 6.98. The maximum atomic E-state index is 12.7. The molecule has 3 aliphatic rings. The maximum Gasteiger partial charge on any atom is 0.237 e. The zero-order chi connectivity index (χ0) is 19.1. The van der Waals surface area contributed by atoms with Crippen LogP contribution in [0, 0.1) is 5.92 Å². The lowest BCUT2D eigenvalue weighted by atomic mass is 9.89. The van der Waals surface area contributed by atoms with Gasteiger partial charge in [-0.05, 0) is 77.5 Å². The molecule has 27 heavy (non-hydrogen) atoms. The molecule has 1 amide bonds. The number of nitrogens with one attached hydrogen (secondary N) is 2. The highest BCUT2D eigenvalue weighted by molar-refractivity contribution is 5.82. The van der Waals surface area contributed by atoms with Gasteiger partial charge in [-0.25, -0.2) is 0 Å². The van der Waals surface area contributed by atoms with Gasteiger partial charge < -0.3 is 15.5 Å². The number of carbonyl (C=O) groups is 1. The molecule has 1 aliphatic carbocycles. The predicted molar refractivity (Wildman–Crippen MR) is 112 cm³/mol. The molecular weight excluding hydrogens is 336 g/mol. The highest BCUT2D eigenvalue weighted by atomic mass is 16.2. The van der Waals surface area contributed by atoms with Crippen LogP contribution in [0.4, 0.5) is 0 Å². The highest BCUT2D eigenvalue weighted by Crippen LogP contribution is 2.28. The molecule has 2 heterocycles. The van der Waals surface area contributed by atoms with Crippen molar-refractivity contribution in [3.8, 4) is 0 Å². The third-order valence-electron chi connectivity index (χ3n) is 6.98. The van der Waals surface area contributed by atoms with Gasteiger partial charge in [-0.2, -0.15) is 0 Å². The number of carbonyl (C=O) groups excluding carboxylic acids is 1. The van der Waals surface area contributed by atoms with E-state index in [1.54, 1.807) is 0 Å². The third kappa shape index (κ3) is 5.91. The Morgan fingerprint density at radius 1 is 1.04 bits per heavy atom. The van der Waals surface area contributed by atoms with Gasteiger partial charge in [0.2, 0.25) is 5.91 Å². The van der Waals surface area contributed by atoms with Gasteiger partial charge in [0, 0.05) is 25.2 Å². The Bertz CT molecular complexity index is 444. The molecule has 156 valence electrons. The van der Waals surface area contributed by atoms with Crippen molar-refractivity contribution >= 4 is 5.91 Å². The average molecular weight is 379 g/mol. The topological polar surface area (TPSA) is 47.6 Å². The monoisotopic (exact) mass is 378 g/mol. The molecular formula is C22H42N4O. The molecule has 3 rings (SSSR count). The van der Waals surface area contributed by atoms with Crippen LogP contribution in [0.3, 0.4) is 0 Å². The number of amides is 1. The molecule has 0 radical (unpaired) electrons. The number of hydrogen-bond donors (Lipinski definition) is 2. The normalized spacial score (nSPS) is 29.3. The minimum absolute atomic E-state index is 0.0662. The number of likely N-dealkylation sites (tertiary alicyclic amines) is 2. The number of piperidine rings is 1. The lowest BCUT2D eigenvalue weighted by molar-refractivity contribution is -0.126. The van der Waals surface area contributed by atoms with Crippen LogP contribution in [-0.4, -0.2) is 73.1 Å². The van der Waals surface area contributed by atoms with Crippen molar-refractivity contribution in [3.05, 3.63) is 0 Å². The molecule has 2 atom stereocenters. The Hall–Kier alpha value is -0.650. The van der Waals surface area contributed by atoms with Crippen LogP contribution in [0.15, 0.2) is 0 Å². The van der Waals surface area contributed by atoms with E-state index >= 15 is 0 Å². The van der Waals surface area contributed by atoms with Crippen LogP contribution in [0.25, 0.3) is 0 Å². The fraction of sp³-hybridized carbons (Fsp3) is 0.955. The summed E-state index contributed by atoms with van der Waals surface area (Å²) in [6, 6.07) is 1.12. The summed E-state index contributed by atoms with van der Waals surface area (Å²) in [7, 11) is 0. The fourth-order valence-corrected chi connectivity index (χ4v) is 5.48. The van der Waals surface area contributed by atoms with Crippen molar-refractivity contribution in [3.63, 3.8) is 0 Å². The van der Waals surface area contributed by atoms with E-state index < -0.39 is 0 Å². The van der Waals surface area contributed by atoms with Crippen molar-refractivity contribution in [2.24, 2.45) is 5.92 Å². The van der Waals surface area contributed by atoms with Crippen LogP contribution < -0.4 is 10.6 Å². The van der Waals surface area contributed by atoms with Gasteiger partial charge in [0.05, 0.1) is 6.04 Å². The van der Waals surface area contributed by atoms with Gasteiger partial charge in [0.1, 0.15) is 0 Å². The second-order valence-corrected chi connectivity index (χ2v) is 9.02. The first-order valence-electron chi connectivity index (χ1n) is 11.7. The zero-order valence-electron chi connectivity index (χ0n) is 17.7. The van der Waals surface area contributed by atoms with Gasteiger partial charge in [0.25, 0.3) is 0 Å². The number of hydrogen-bond acceptors (Lipinski definition) is 4. The Morgan fingerprint density at radius 3 is 2.44 bits per heavy atom. The molecule has 5 heteroatoms. The van der Waals surface area contributed by atoms with Gasteiger partial charge in [-0.1, -0.05) is 26.2 Å². The molecule has 2 aliphatic heterocycles. The fourth-order valence-electron chi connectivity index (χ4n) is 5.48. The van der Waals surface area contributed by atoms with Crippen molar-refractivity contribution in [2.45, 2.75) is 89.8 Å². The Balaban J connectivity index is 1.54. The van der Waals surface area contributed by atoms with Gasteiger partial charge in [-0.15, -0.1) is 0 Å². The highest BCUT2D eigenvalue weighted by Gasteiger charge is 2.40. The lowest BCUT2D eigenvalue weighted by Gasteiger charge is -2.39. The Morgan fingerprint density at radius 2 is 1.78 bits per heavy atom. The lowest BCUT2D eigenvalue weighted by Crippen LogP contribution is -2.51. The Labute approximate surface area is 166 Å². The molecule has 1 saturated carbocycles. The van der Waals surface area contributed by atoms with Gasteiger partial charge >= 0.3 is 0 Å². The van der Waals surface area contributed by atoms with E-state index in [-0.39, 0.29) is 11.9 Å². The van der Waals surface area contributed by atoms with Crippen molar-refractivity contribution in [1.29, 1.82) is 0 Å². The standard InChI is InChI=1S/C22H42N4O/c1-3-12-25-13-10-20(11-14-25)26-17-19(15-21(26)22(27)23-4-2)24-16-18-8-6-5-7-9-18/h18-21,24H,3-17H2,1-2H3,(H,23,27)/t19-,21-/m0/s1. The summed E-state index contributed by atoms with van der Waals surface area (Å²) in [5.41, 5.74) is 0. The molecule has 0 aromatic rings. The summed E-state index contributed by atoms with van der Waals surface area (Å²) >= 11 is 0. The smallest absolute Gasteiger partial charge is 0.237 e. The first-order chi connectivity index (χ1) is 13.2. The van der Waals surface area contributed by atoms with Gasteiger partial charge in [0.15, 0.2) is 0 Å². The summed E-state index contributed by atoms with van der Waals surface area (Å²) in [6.07, 6.45) is 11.6. The minimum atomic E-state index is 0.0662. The molecule has 5 nitrogen and oxygen atoms in total. The largest absolute Gasteiger partial charge is 0.355 e. The molecule has 2 N–H and O–H groups in total. The predicted octanol–water partition coefficient (Wildman–Crippen LogP) is 2.61. The summed E-state index contributed by atoms with van der Waals surface area (Å²) in [5.74, 6) is 1.10. The van der Waals surface area contributed by atoms with Crippen molar-refractivity contribution in [1.82, 2.24) is 20.4 Å². The van der Waals surface area contributed by atoms with Crippen LogP contribution in [0.5, 0.6) is 0 Å². The van der Waals surface area contributed by atoms with Crippen molar-refractivity contribution in [2.75, 3.05) is 39.3 Å². The molecule has 0 aromatic heterocycles. The number of rotatable bonds is 8. The number of nitrogens with zero attached hydrogens (tertiary/aromatic N) is 2. The SMILES string of the molecule is CCCN1CCC(N2C[C@@H](NCC3CCCCC3)C[C@H]2C(=O)NCC)CC1. The molecule has 0 bridgehead atoms. The van der Waals surface area contributed by atoms with E-state index in [0.29, 0.717) is 12.1 Å². The maximum absolute atomic E-state index is 12.7. The van der Waals surface area contributed by atoms with Crippen LogP contribution >= 0.6 is 0 Å². The molecule has 0 spiro atoms. The summed E-state index contributed by atoms with van der Waals surface area (Å²) in [6.45, 7) is 10.8. The van der Waals surface area contributed by atoms with Crippen LogP contribution in [-0.2, 0) is 4.79 Å². The van der Waals surface area contributed by atoms with E-state index in [0.717, 1.165) is 32.0 Å². The van der Waals surface area contributed by atoms with E-state index in [9.17, 15) is 4.79 Å². The summed E-state index contributed by atoms with van der Waals surface area (Å²) < 4.78 is 0. The summed E-state index contributed by atoms with van der Waals surface area (Å²) in [4.78, 5) is 17.9. The zero-order valence-corrected chi connectivity index (χ0v) is 17.7. The van der Waals surface area contributed by atoms with Crippen molar-refractivity contribution < 1.29 is 4.79 Å². The van der Waals surface area contributed by atoms with Gasteiger partial charge in [-0.3, -0.25) is 9.69 Å². The minimum Gasteiger partial charge on any atom is -0.355 e. The van der Waals surface area contributed by atoms with Crippen LogP contribution in [0.2, 0.25) is 0 Å². The number of likely N-dealkylation sites (N-methyl/N-ethyl adjacent to an activating group) is 1. The first kappa shape index (κ1) is 21.1. The second-order valence-electron chi connectivity index (χ2n) is 9.02. The molecule has 3 fully saturated rings. The van der Waals surface area contributed by atoms with E-state index in [4.69, 9.17) is 0 Å². The first-order valence-corrected chi connectivity index (χ1v) is 11.7. The second kappa shape index (κ2) is 10.8. The average Bonchev–Trinajstić information content (AvgIpc) is 3.13. The van der Waals surface area contributed by atoms with E-state index in [2.05, 4.69) is 27.4 Å². The summed E-state index contributed by atoms with van der Waals surface area (Å²) in [5, 5.41) is 6.94. The Kier molecular flexibility index (Phi) is 8.41. The van der Waals surface area contributed by atoms with E-state index in [1.807, 2.05) is 6.92 Å². The molecule has 2 saturated heterocycles. The van der Waals surface area contributed by atoms with E-state index in [1.165, 1.54) is 71.0 Å².